The number of tetrazole rings is 1. The molecular formula is C30H28ClN10NaO7S2. The largest absolute Gasteiger partial charge is 1.00 e. The number of β-lactam (4-membered cyclic amide) rings is 1. The van der Waals surface area contributed by atoms with Crippen molar-refractivity contribution in [1.29, 1.82) is 0 Å². The van der Waals surface area contributed by atoms with Crippen molar-refractivity contribution >= 4 is 69.0 Å². The minimum Gasteiger partial charge on any atom is -0.546 e. The Hall–Kier alpha value is -4.27. The summed E-state index contributed by atoms with van der Waals surface area (Å²) in [6.07, 6.45) is 4.97. The predicted octanol–water partition coefficient (Wildman–Crippen LogP) is -3.23. The van der Waals surface area contributed by atoms with Crippen LogP contribution in [0.4, 0.5) is 5.13 Å². The molecule has 21 heteroatoms. The van der Waals surface area contributed by atoms with Crippen LogP contribution in [0, 0.1) is 0 Å². The molecule has 6 rings (SSSR count). The van der Waals surface area contributed by atoms with Gasteiger partial charge in [0.05, 0.1) is 22.5 Å². The fourth-order valence-corrected chi connectivity index (χ4v) is 7.25. The van der Waals surface area contributed by atoms with E-state index in [0.717, 1.165) is 22.5 Å². The summed E-state index contributed by atoms with van der Waals surface area (Å²) in [4.78, 5) is 49.2. The summed E-state index contributed by atoms with van der Waals surface area (Å²) >= 11 is 8.64. The number of hydrogen-bond acceptors (Lipinski definition) is 15. The summed E-state index contributed by atoms with van der Waals surface area (Å²) in [7, 11) is 0. The van der Waals surface area contributed by atoms with E-state index < -0.39 is 34.8 Å². The Labute approximate surface area is 325 Å². The van der Waals surface area contributed by atoms with E-state index in [4.69, 9.17) is 22.2 Å². The molecule has 5 N–H and O–H groups in total. The second kappa shape index (κ2) is 15.5. The molecule has 3 aromatic heterocycles. The van der Waals surface area contributed by atoms with Gasteiger partial charge in [0, 0.05) is 28.8 Å². The summed E-state index contributed by atoms with van der Waals surface area (Å²) in [5.41, 5.74) is 6.53. The average Bonchev–Trinajstić information content (AvgIpc) is 3.78. The van der Waals surface area contributed by atoms with Gasteiger partial charge in [-0.25, -0.2) is 9.55 Å². The van der Waals surface area contributed by atoms with Crippen molar-refractivity contribution in [2.24, 2.45) is 5.16 Å². The molecule has 51 heavy (non-hydrogen) atoms. The minimum absolute atomic E-state index is 0. The zero-order chi connectivity index (χ0) is 35.7. The number of carboxylic acid groups (broad SMARTS) is 1. The molecule has 2 aliphatic rings. The molecule has 0 unspecified atom stereocenters. The van der Waals surface area contributed by atoms with Crippen molar-refractivity contribution in [2.45, 2.75) is 50.3 Å². The van der Waals surface area contributed by atoms with Gasteiger partial charge in [0.2, 0.25) is 0 Å². The van der Waals surface area contributed by atoms with E-state index >= 15 is 0 Å². The molecule has 17 nitrogen and oxygen atoms in total. The summed E-state index contributed by atoms with van der Waals surface area (Å²) in [6, 6.07) is 5.98. The number of fused-ring (bicyclic) bond motifs is 1. The number of phenols is 2. The first-order valence-corrected chi connectivity index (χ1v) is 17.2. The number of oxime groups is 1. The minimum atomic E-state index is -1.86. The van der Waals surface area contributed by atoms with Crippen molar-refractivity contribution in [2.75, 3.05) is 11.5 Å². The number of carbonyl (C=O) groups is 3. The van der Waals surface area contributed by atoms with Crippen molar-refractivity contribution in [1.82, 2.24) is 35.8 Å². The van der Waals surface area contributed by atoms with Crippen molar-refractivity contribution < 1.29 is 68.7 Å². The van der Waals surface area contributed by atoms with Gasteiger partial charge in [-0.05, 0) is 43.9 Å². The number of rotatable bonds is 12. The standard InChI is InChI=1S/C30H29ClN10O7S2.Na/c1-30(2,28(46)47)48-37-20(17-13-50-29(32)33-17)25(44)34-21-26(45)41-22(24-35-38-39-36-24)16(12-49-27(21)41)11-40-9-7-14(8-10-40)3-4-15-5-6-18(42)23(43)19(15)31;/h5-10,13,21,27H,3-4,11-12H2,1-2H3,(H6-,32,33,34,35,36,37,38,39,42,43,44,46,47);/q;+1/p-1/t21-,27-;/m1./s1. The van der Waals surface area contributed by atoms with Crippen LogP contribution >= 0.6 is 34.7 Å². The summed E-state index contributed by atoms with van der Waals surface area (Å²) in [5.74, 6) is -2.83. The number of halogens is 1. The molecule has 1 aromatic carbocycles. The zero-order valence-electron chi connectivity index (χ0n) is 27.3. The number of amides is 2. The van der Waals surface area contributed by atoms with E-state index in [1.54, 1.807) is 6.07 Å². The van der Waals surface area contributed by atoms with Crippen molar-refractivity contribution in [3.05, 3.63) is 75.3 Å². The first-order chi connectivity index (χ1) is 23.8. The number of nitrogens with one attached hydrogen (secondary N) is 1. The number of nitrogen functional groups attached to an aromatic ring is 1. The molecule has 260 valence electrons. The van der Waals surface area contributed by atoms with E-state index in [0.29, 0.717) is 36.4 Å². The Morgan fingerprint density at radius 2 is 2.00 bits per heavy atom. The number of nitrogens with two attached hydrogens (primary N) is 1. The Morgan fingerprint density at radius 3 is 2.65 bits per heavy atom. The number of carboxylic acids is 1. The molecular weight excluding hydrogens is 735 g/mol. The predicted molar refractivity (Wildman–Crippen MR) is 177 cm³/mol. The van der Waals surface area contributed by atoms with Gasteiger partial charge in [-0.3, -0.25) is 24.8 Å². The molecule has 0 saturated carbocycles. The van der Waals surface area contributed by atoms with Gasteiger partial charge in [0.1, 0.15) is 17.1 Å². The van der Waals surface area contributed by atoms with Gasteiger partial charge in [0.25, 0.3) is 11.8 Å². The third-order valence-corrected chi connectivity index (χ3v) is 10.3. The van der Waals surface area contributed by atoms with Gasteiger partial charge >= 0.3 is 29.6 Å². The number of carbonyl (C=O) groups excluding carboxylic acids is 3. The van der Waals surface area contributed by atoms with E-state index in [9.17, 15) is 29.7 Å². The number of aliphatic carboxylic acids is 1. The molecule has 1 saturated heterocycles. The number of aromatic hydroxyl groups is 2. The van der Waals surface area contributed by atoms with Crippen molar-refractivity contribution in [3.63, 3.8) is 0 Å². The zero-order valence-corrected chi connectivity index (χ0v) is 31.7. The van der Waals surface area contributed by atoms with E-state index in [-0.39, 0.29) is 68.4 Å². The molecule has 2 aliphatic heterocycles. The van der Waals surface area contributed by atoms with Crippen LogP contribution in [0.1, 0.15) is 36.5 Å². The number of thiazole rings is 1. The average molecular weight is 763 g/mol. The Kier molecular flexibility index (Phi) is 11.6. The van der Waals surface area contributed by atoms with Crippen molar-refractivity contribution in [3.8, 4) is 11.5 Å². The number of thioether (sulfide) groups is 1. The quantitative estimate of drug-likeness (QED) is 0.0277. The molecule has 0 bridgehead atoms. The third-order valence-electron chi connectivity index (χ3n) is 7.89. The monoisotopic (exact) mass is 762 g/mol. The number of aromatic nitrogens is 6. The third kappa shape index (κ3) is 7.97. The van der Waals surface area contributed by atoms with Crippen LogP contribution in [-0.4, -0.2) is 81.9 Å². The molecule has 0 aliphatic carbocycles. The maximum atomic E-state index is 13.6. The van der Waals surface area contributed by atoms with E-state index in [2.05, 4.69) is 36.1 Å². The number of phenolic OH excluding ortho intramolecular Hbond substituents is 2. The summed E-state index contributed by atoms with van der Waals surface area (Å²) < 4.78 is 1.93. The first-order valence-electron chi connectivity index (χ1n) is 14.9. The first kappa shape index (κ1) is 38.0. The van der Waals surface area contributed by atoms with Gasteiger partial charge in [0.15, 0.2) is 46.9 Å². The Balaban J connectivity index is 0.00000504. The second-order valence-corrected chi connectivity index (χ2v) is 14.1. The van der Waals surface area contributed by atoms with Gasteiger partial charge in [-0.15, -0.1) is 23.1 Å². The number of anilines is 1. The van der Waals surface area contributed by atoms with E-state index in [1.165, 1.54) is 42.0 Å². The Morgan fingerprint density at radius 1 is 1.25 bits per heavy atom. The fourth-order valence-electron chi connectivity index (χ4n) is 5.11. The second-order valence-electron chi connectivity index (χ2n) is 11.7. The number of hydrogen-bond donors (Lipinski definition) is 4. The van der Waals surface area contributed by atoms with Crippen LogP contribution in [0.15, 0.2) is 52.8 Å². The number of benzene rings is 1. The molecule has 1 fully saturated rings. The van der Waals surface area contributed by atoms with E-state index in [1.807, 2.05) is 29.1 Å². The van der Waals surface area contributed by atoms with Crippen LogP contribution in [0.2, 0.25) is 5.02 Å². The smallest absolute Gasteiger partial charge is 0.546 e. The SMILES string of the molecule is CC(C)(O/N=C(\C(=O)N[C@@H]1C(=O)N2C(c3nnn[n-]3)=C(C[n+]3ccc(CCc4ccc(O)c(O)c4Cl)cc3)CS[C@H]12)c1csc(N)n1)C(=O)[O-].[Na+]. The molecule has 0 radical (unpaired) electrons. The van der Waals surface area contributed by atoms with Crippen LogP contribution in [0.3, 0.4) is 0 Å². The van der Waals surface area contributed by atoms with Gasteiger partial charge in [-0.1, -0.05) is 22.8 Å². The molecule has 5 heterocycles. The molecule has 0 spiro atoms. The number of nitrogens with zero attached hydrogens (tertiary/aromatic N) is 8. The molecule has 2 atom stereocenters. The fraction of sp³-hybridized carbons (Fsp3) is 0.300. The van der Waals surface area contributed by atoms with Gasteiger partial charge < -0.3 is 41.1 Å². The molecule has 2 amide bonds. The topological polar surface area (TPSA) is 247 Å². The normalized spacial score (nSPS) is 17.4. The van der Waals surface area contributed by atoms with Crippen LogP contribution in [0.5, 0.6) is 11.5 Å². The summed E-state index contributed by atoms with van der Waals surface area (Å²) in [6.45, 7) is 2.80. The maximum absolute atomic E-state index is 13.6. The number of pyridine rings is 1. The van der Waals surface area contributed by atoms with Crippen LogP contribution in [0.25, 0.3) is 5.70 Å². The summed E-state index contributed by atoms with van der Waals surface area (Å²) in [5, 5.41) is 53.8. The van der Waals surface area contributed by atoms with Crippen LogP contribution < -0.4 is 55.4 Å². The number of aryl methyl sites for hydroxylation is 2. The van der Waals surface area contributed by atoms with Gasteiger partial charge in [-0.2, -0.15) is 5.21 Å². The Bertz CT molecular complexity index is 2030. The van der Waals surface area contributed by atoms with Crippen LogP contribution in [-0.2, 0) is 38.6 Å². The maximum Gasteiger partial charge on any atom is 1.00 e. The molecule has 4 aromatic rings.